The molecule has 1 aliphatic heterocycles. The first-order chi connectivity index (χ1) is 9.22. The molecule has 1 aromatic carbocycles. The summed E-state index contributed by atoms with van der Waals surface area (Å²) < 4.78 is 0. The first-order valence-electron chi connectivity index (χ1n) is 6.63. The van der Waals surface area contributed by atoms with Gasteiger partial charge in [0.15, 0.2) is 0 Å². The summed E-state index contributed by atoms with van der Waals surface area (Å²) in [7, 11) is 0. The van der Waals surface area contributed by atoms with Crippen molar-refractivity contribution < 1.29 is 4.79 Å². The van der Waals surface area contributed by atoms with Crippen LogP contribution in [0.5, 0.6) is 0 Å². The van der Waals surface area contributed by atoms with E-state index in [1.54, 1.807) is 0 Å². The summed E-state index contributed by atoms with van der Waals surface area (Å²) in [4.78, 5) is 18.7. The molecule has 1 aliphatic carbocycles. The summed E-state index contributed by atoms with van der Waals surface area (Å²) in [6, 6.07) is 7.79. The number of anilines is 1. The minimum atomic E-state index is 0.244. The van der Waals surface area contributed by atoms with Crippen molar-refractivity contribution >= 4 is 34.2 Å². The predicted molar refractivity (Wildman–Crippen MR) is 75.5 cm³/mol. The van der Waals surface area contributed by atoms with E-state index in [4.69, 9.17) is 11.6 Å². The summed E-state index contributed by atoms with van der Waals surface area (Å²) in [5.41, 5.74) is 2.06. The monoisotopic (exact) mass is 272 g/mol. The summed E-state index contributed by atoms with van der Waals surface area (Å²) in [5.74, 6) is 1.35. The molecule has 1 saturated carbocycles. The van der Waals surface area contributed by atoms with Gasteiger partial charge in [-0.3, -0.25) is 9.69 Å². The van der Waals surface area contributed by atoms with E-state index in [0.29, 0.717) is 0 Å². The molecule has 0 N–H and O–H groups in total. The second-order valence-electron chi connectivity index (χ2n) is 5.32. The fourth-order valence-corrected chi connectivity index (χ4v) is 2.88. The maximum atomic E-state index is 12.2. The van der Waals surface area contributed by atoms with E-state index in [2.05, 4.69) is 11.1 Å². The number of nitrogens with zero attached hydrogens (tertiary/aromatic N) is 2. The highest BCUT2D eigenvalue weighted by molar-refractivity contribution is 6.31. The maximum absolute atomic E-state index is 12.2. The standard InChI is InChI=1S/C15H13ClN2O/c16-12-3-4-13-11(8-12)7-10-5-6-18(14(10)17-13)15(19)9-1-2-9/h3-4,7-9H,1-2,5-6H2. The topological polar surface area (TPSA) is 33.2 Å². The van der Waals surface area contributed by atoms with Gasteiger partial charge in [-0.15, -0.1) is 0 Å². The number of amides is 1. The van der Waals surface area contributed by atoms with Crippen LogP contribution in [0.3, 0.4) is 0 Å². The third-order valence-corrected chi connectivity index (χ3v) is 4.12. The average Bonchev–Trinajstić information content (AvgIpc) is 3.17. The number of aromatic nitrogens is 1. The Labute approximate surface area is 116 Å². The molecule has 3 nitrogen and oxygen atoms in total. The molecule has 1 amide bonds. The number of pyridine rings is 1. The van der Waals surface area contributed by atoms with Crippen molar-refractivity contribution in [2.24, 2.45) is 5.92 Å². The minimum absolute atomic E-state index is 0.244. The van der Waals surface area contributed by atoms with Crippen molar-refractivity contribution in [3.8, 4) is 0 Å². The summed E-state index contributed by atoms with van der Waals surface area (Å²) in [5, 5.41) is 1.77. The fraction of sp³-hybridized carbons (Fsp3) is 0.333. The Morgan fingerprint density at radius 1 is 1.32 bits per heavy atom. The van der Waals surface area contributed by atoms with Gasteiger partial charge in [-0.05, 0) is 49.1 Å². The number of carbonyl (C=O) groups excluding carboxylic acids is 1. The van der Waals surface area contributed by atoms with Crippen LogP contribution in [-0.2, 0) is 11.2 Å². The number of rotatable bonds is 1. The normalized spacial score (nSPS) is 17.8. The summed E-state index contributed by atoms with van der Waals surface area (Å²) in [6.07, 6.45) is 2.96. The number of halogens is 1. The zero-order valence-electron chi connectivity index (χ0n) is 10.4. The van der Waals surface area contributed by atoms with E-state index >= 15 is 0 Å². The molecule has 0 saturated heterocycles. The Kier molecular flexibility index (Phi) is 2.33. The number of carbonyl (C=O) groups is 1. The average molecular weight is 273 g/mol. The molecule has 2 aromatic rings. The summed E-state index contributed by atoms with van der Waals surface area (Å²) in [6.45, 7) is 0.766. The van der Waals surface area contributed by atoms with Crippen LogP contribution in [-0.4, -0.2) is 17.4 Å². The van der Waals surface area contributed by atoms with Crippen molar-refractivity contribution in [1.29, 1.82) is 0 Å². The molecule has 1 fully saturated rings. The second-order valence-corrected chi connectivity index (χ2v) is 5.76. The van der Waals surface area contributed by atoms with Gasteiger partial charge in [0.2, 0.25) is 5.91 Å². The second kappa shape index (κ2) is 3.94. The molecule has 0 radical (unpaired) electrons. The van der Waals surface area contributed by atoms with Crippen LogP contribution >= 0.6 is 11.6 Å². The highest BCUT2D eigenvalue weighted by Crippen LogP contribution is 2.36. The quantitative estimate of drug-likeness (QED) is 0.799. The zero-order chi connectivity index (χ0) is 13.0. The molecule has 4 rings (SSSR count). The number of hydrogen-bond acceptors (Lipinski definition) is 2. The van der Waals surface area contributed by atoms with Crippen LogP contribution in [0.15, 0.2) is 24.3 Å². The molecule has 96 valence electrons. The van der Waals surface area contributed by atoms with Gasteiger partial charge in [0.25, 0.3) is 0 Å². The van der Waals surface area contributed by atoms with Gasteiger partial charge in [-0.1, -0.05) is 11.6 Å². The van der Waals surface area contributed by atoms with Gasteiger partial charge < -0.3 is 0 Å². The van der Waals surface area contributed by atoms with Crippen molar-refractivity contribution in [3.63, 3.8) is 0 Å². The van der Waals surface area contributed by atoms with Crippen LogP contribution in [0.25, 0.3) is 10.9 Å². The Balaban J connectivity index is 1.82. The number of benzene rings is 1. The van der Waals surface area contributed by atoms with Gasteiger partial charge in [-0.25, -0.2) is 4.98 Å². The van der Waals surface area contributed by atoms with E-state index < -0.39 is 0 Å². The molecular formula is C15H13ClN2O. The molecule has 2 heterocycles. The molecule has 4 heteroatoms. The van der Waals surface area contributed by atoms with E-state index in [-0.39, 0.29) is 11.8 Å². The lowest BCUT2D eigenvalue weighted by molar-refractivity contribution is -0.119. The highest BCUT2D eigenvalue weighted by Gasteiger charge is 2.37. The Morgan fingerprint density at radius 2 is 2.16 bits per heavy atom. The molecule has 19 heavy (non-hydrogen) atoms. The van der Waals surface area contributed by atoms with Crippen molar-refractivity contribution in [3.05, 3.63) is 34.9 Å². The predicted octanol–water partition coefficient (Wildman–Crippen LogP) is 3.19. The van der Waals surface area contributed by atoms with Gasteiger partial charge in [0, 0.05) is 22.9 Å². The number of hydrogen-bond donors (Lipinski definition) is 0. The van der Waals surface area contributed by atoms with E-state index in [1.165, 1.54) is 0 Å². The van der Waals surface area contributed by atoms with E-state index in [1.807, 2.05) is 23.1 Å². The Hall–Kier alpha value is -1.61. The van der Waals surface area contributed by atoms with Crippen molar-refractivity contribution in [1.82, 2.24) is 4.98 Å². The van der Waals surface area contributed by atoms with Crippen molar-refractivity contribution in [2.75, 3.05) is 11.4 Å². The minimum Gasteiger partial charge on any atom is -0.296 e. The summed E-state index contributed by atoms with van der Waals surface area (Å²) >= 11 is 6.01. The molecule has 0 spiro atoms. The molecule has 0 bridgehead atoms. The fourth-order valence-electron chi connectivity index (χ4n) is 2.70. The molecule has 0 unspecified atom stereocenters. The van der Waals surface area contributed by atoms with Gasteiger partial charge in [0.1, 0.15) is 5.82 Å². The van der Waals surface area contributed by atoms with E-state index in [9.17, 15) is 4.79 Å². The van der Waals surface area contributed by atoms with Crippen LogP contribution in [0, 0.1) is 5.92 Å². The number of fused-ring (bicyclic) bond motifs is 2. The van der Waals surface area contributed by atoms with Gasteiger partial charge >= 0.3 is 0 Å². The highest BCUT2D eigenvalue weighted by atomic mass is 35.5. The third kappa shape index (κ3) is 1.80. The molecule has 0 atom stereocenters. The molecule has 2 aliphatic rings. The lowest BCUT2D eigenvalue weighted by Crippen LogP contribution is -2.30. The van der Waals surface area contributed by atoms with Gasteiger partial charge in [-0.2, -0.15) is 0 Å². The Morgan fingerprint density at radius 3 is 2.95 bits per heavy atom. The van der Waals surface area contributed by atoms with Crippen LogP contribution < -0.4 is 4.90 Å². The first-order valence-corrected chi connectivity index (χ1v) is 7.01. The first kappa shape index (κ1) is 11.2. The maximum Gasteiger partial charge on any atom is 0.231 e. The van der Waals surface area contributed by atoms with Gasteiger partial charge in [0.05, 0.1) is 5.52 Å². The van der Waals surface area contributed by atoms with E-state index in [0.717, 1.165) is 53.1 Å². The lowest BCUT2D eigenvalue weighted by atomic mass is 10.1. The third-order valence-electron chi connectivity index (χ3n) is 3.89. The molecular weight excluding hydrogens is 260 g/mol. The van der Waals surface area contributed by atoms with Crippen LogP contribution in [0.4, 0.5) is 5.82 Å². The zero-order valence-corrected chi connectivity index (χ0v) is 11.2. The van der Waals surface area contributed by atoms with Crippen LogP contribution in [0.1, 0.15) is 18.4 Å². The molecule has 1 aromatic heterocycles. The van der Waals surface area contributed by atoms with Crippen LogP contribution in [0.2, 0.25) is 5.02 Å². The smallest absolute Gasteiger partial charge is 0.231 e. The SMILES string of the molecule is O=C(C1CC1)N1CCc2cc3cc(Cl)ccc3nc21. The lowest BCUT2D eigenvalue weighted by Gasteiger charge is -2.16. The Bertz CT molecular complexity index is 694. The van der Waals surface area contributed by atoms with Crippen molar-refractivity contribution in [2.45, 2.75) is 19.3 Å². The largest absolute Gasteiger partial charge is 0.296 e.